The molecule has 0 aliphatic heterocycles. The normalized spacial score (nSPS) is 13.7. The Morgan fingerprint density at radius 3 is 1.95 bits per heavy atom. The van der Waals surface area contributed by atoms with Gasteiger partial charge in [0.25, 0.3) is 0 Å². The van der Waals surface area contributed by atoms with E-state index in [-0.39, 0.29) is 43.9 Å². The molecule has 1 aromatic carbocycles. The molecule has 0 radical (unpaired) electrons. The number of rotatable bonds is 17. The van der Waals surface area contributed by atoms with Gasteiger partial charge < -0.3 is 43.4 Å². The molecule has 1 rings (SSSR count). The number of nitrogens with one attached hydrogen (secondary N) is 3. The van der Waals surface area contributed by atoms with Crippen LogP contribution in [0.4, 0.5) is 0 Å². The molecule has 0 saturated heterocycles. The number of benzene rings is 1. The Balaban J connectivity index is 3.08. The minimum atomic E-state index is -1.32. The molecule has 0 spiro atoms. The molecule has 0 aliphatic carbocycles. The largest absolute Gasteiger partial charge is 0.481 e. The Labute approximate surface area is 225 Å². The molecule has 0 heterocycles. The lowest BCUT2D eigenvalue weighted by molar-refractivity contribution is -0.142. The van der Waals surface area contributed by atoms with E-state index in [1.807, 2.05) is 0 Å². The van der Waals surface area contributed by atoms with Gasteiger partial charge >= 0.3 is 11.9 Å². The van der Waals surface area contributed by atoms with Crippen molar-refractivity contribution < 1.29 is 34.2 Å². The van der Waals surface area contributed by atoms with Crippen LogP contribution in [0.15, 0.2) is 35.3 Å². The molecule has 0 bridgehead atoms. The second-order valence-corrected chi connectivity index (χ2v) is 8.75. The SMILES string of the molecule is NC(N)=NCCCC(NC(=O)C(CCC(=O)O)NC(=O)C(N)CS)C(=O)NC(Cc1ccccc1)C(=O)O. The van der Waals surface area contributed by atoms with Crippen LogP contribution in [-0.2, 0) is 30.4 Å². The van der Waals surface area contributed by atoms with Crippen molar-refractivity contribution in [3.63, 3.8) is 0 Å². The van der Waals surface area contributed by atoms with Crippen LogP contribution in [0.25, 0.3) is 0 Å². The van der Waals surface area contributed by atoms with E-state index in [4.69, 9.17) is 22.3 Å². The van der Waals surface area contributed by atoms with E-state index in [0.717, 1.165) is 0 Å². The van der Waals surface area contributed by atoms with Crippen molar-refractivity contribution in [1.29, 1.82) is 0 Å². The third-order valence-electron chi connectivity index (χ3n) is 5.29. The van der Waals surface area contributed by atoms with E-state index in [1.165, 1.54) is 0 Å². The molecule has 0 aliphatic rings. The summed E-state index contributed by atoms with van der Waals surface area (Å²) in [6, 6.07) is 3.74. The van der Waals surface area contributed by atoms with Crippen LogP contribution in [-0.4, -0.2) is 82.3 Å². The van der Waals surface area contributed by atoms with Crippen molar-refractivity contribution in [2.24, 2.45) is 22.2 Å². The summed E-state index contributed by atoms with van der Waals surface area (Å²) in [6.45, 7) is 0.129. The summed E-state index contributed by atoms with van der Waals surface area (Å²) in [5.74, 6) is -5.03. The number of nitrogens with two attached hydrogens (primary N) is 3. The molecule has 0 saturated carbocycles. The number of carboxylic acids is 2. The number of amides is 3. The van der Waals surface area contributed by atoms with Gasteiger partial charge in [-0.15, -0.1) is 0 Å². The van der Waals surface area contributed by atoms with Gasteiger partial charge in [0.15, 0.2) is 5.96 Å². The fourth-order valence-corrected chi connectivity index (χ4v) is 3.43. The molecule has 15 heteroatoms. The number of aliphatic carboxylic acids is 2. The molecule has 1 aromatic rings. The number of carboxylic acid groups (broad SMARTS) is 2. The summed E-state index contributed by atoms with van der Waals surface area (Å²) in [6.07, 6.45) is -0.477. The van der Waals surface area contributed by atoms with Crippen LogP contribution in [0.5, 0.6) is 0 Å². The van der Waals surface area contributed by atoms with Gasteiger partial charge in [-0.25, -0.2) is 4.79 Å². The van der Waals surface area contributed by atoms with Crippen LogP contribution < -0.4 is 33.2 Å². The molecule has 4 unspecified atom stereocenters. The number of aliphatic imine (C=N–C) groups is 1. The molecule has 210 valence electrons. The highest BCUT2D eigenvalue weighted by Gasteiger charge is 2.30. The van der Waals surface area contributed by atoms with Crippen molar-refractivity contribution >= 4 is 48.2 Å². The molecule has 3 amide bonds. The molecule has 4 atom stereocenters. The zero-order chi connectivity index (χ0) is 28.7. The van der Waals surface area contributed by atoms with Gasteiger partial charge in [-0.05, 0) is 24.8 Å². The third kappa shape index (κ3) is 12.4. The molecule has 14 nitrogen and oxygen atoms in total. The highest BCUT2D eigenvalue weighted by molar-refractivity contribution is 7.80. The maximum Gasteiger partial charge on any atom is 0.326 e. The maximum absolute atomic E-state index is 13.1. The topological polar surface area (TPSA) is 252 Å². The van der Waals surface area contributed by atoms with Gasteiger partial charge in [-0.2, -0.15) is 12.6 Å². The van der Waals surface area contributed by atoms with Crippen molar-refractivity contribution in [3.8, 4) is 0 Å². The lowest BCUT2D eigenvalue weighted by atomic mass is 10.0. The molecule has 38 heavy (non-hydrogen) atoms. The van der Waals surface area contributed by atoms with E-state index in [9.17, 15) is 29.1 Å². The minimum Gasteiger partial charge on any atom is -0.481 e. The predicted octanol–water partition coefficient (Wildman–Crippen LogP) is -2.06. The Bertz CT molecular complexity index is 990. The summed E-state index contributed by atoms with van der Waals surface area (Å²) >= 11 is 3.93. The first kappa shape index (κ1) is 32.2. The number of hydrogen-bond donors (Lipinski definition) is 9. The van der Waals surface area contributed by atoms with Crippen LogP contribution >= 0.6 is 12.6 Å². The first-order valence-corrected chi connectivity index (χ1v) is 12.4. The number of guanidine groups is 1. The van der Waals surface area contributed by atoms with Crippen LogP contribution in [0.2, 0.25) is 0 Å². The fraction of sp³-hybridized carbons (Fsp3) is 0.478. The monoisotopic (exact) mass is 553 g/mol. The lowest BCUT2D eigenvalue weighted by Crippen LogP contribution is -2.57. The molecule has 11 N–H and O–H groups in total. The van der Waals surface area contributed by atoms with Gasteiger partial charge in [0, 0.05) is 25.1 Å². The average molecular weight is 554 g/mol. The Morgan fingerprint density at radius 1 is 0.868 bits per heavy atom. The number of carbonyl (C=O) groups excluding carboxylic acids is 3. The van der Waals surface area contributed by atoms with E-state index in [2.05, 4.69) is 33.6 Å². The summed E-state index contributed by atoms with van der Waals surface area (Å²) in [7, 11) is 0. The fourth-order valence-electron chi connectivity index (χ4n) is 3.27. The van der Waals surface area contributed by atoms with E-state index >= 15 is 0 Å². The molecule has 0 fully saturated rings. The molecule has 0 aromatic heterocycles. The quantitative estimate of drug-likeness (QED) is 0.0441. The van der Waals surface area contributed by atoms with Crippen molar-refractivity contribution in [2.45, 2.75) is 56.3 Å². The van der Waals surface area contributed by atoms with Gasteiger partial charge in [-0.3, -0.25) is 24.2 Å². The van der Waals surface area contributed by atoms with Crippen molar-refractivity contribution in [2.75, 3.05) is 12.3 Å². The van der Waals surface area contributed by atoms with Gasteiger partial charge in [0.2, 0.25) is 17.7 Å². The standard InChI is InChI=1S/C23H35N7O7S/c24-14(12-38)19(33)28-16(8-9-18(31)32)21(35)29-15(7-4-10-27-23(25)26)20(34)30-17(22(36)37)11-13-5-2-1-3-6-13/h1-3,5-6,14-17,38H,4,7-12,24H2,(H,28,33)(H,29,35)(H,30,34)(H,31,32)(H,36,37)(H4,25,26,27). The van der Waals surface area contributed by atoms with E-state index < -0.39 is 60.2 Å². The summed E-state index contributed by atoms with van der Waals surface area (Å²) < 4.78 is 0. The second kappa shape index (κ2) is 16.8. The van der Waals surface area contributed by atoms with Gasteiger partial charge in [-0.1, -0.05) is 30.3 Å². The first-order valence-electron chi connectivity index (χ1n) is 11.8. The van der Waals surface area contributed by atoms with Gasteiger partial charge in [0.1, 0.15) is 18.1 Å². The molecular formula is C23H35N7O7S. The maximum atomic E-state index is 13.1. The number of thiol groups is 1. The third-order valence-corrected chi connectivity index (χ3v) is 5.68. The number of carbonyl (C=O) groups is 5. The predicted molar refractivity (Wildman–Crippen MR) is 142 cm³/mol. The Hall–Kier alpha value is -3.85. The van der Waals surface area contributed by atoms with Crippen molar-refractivity contribution in [1.82, 2.24) is 16.0 Å². The van der Waals surface area contributed by atoms with E-state index in [1.54, 1.807) is 30.3 Å². The first-order chi connectivity index (χ1) is 17.9. The summed E-state index contributed by atoms with van der Waals surface area (Å²) in [4.78, 5) is 65.1. The molecular weight excluding hydrogens is 518 g/mol. The summed E-state index contributed by atoms with van der Waals surface area (Å²) in [5.41, 5.74) is 16.9. The summed E-state index contributed by atoms with van der Waals surface area (Å²) in [5, 5.41) is 25.9. The van der Waals surface area contributed by atoms with Crippen LogP contribution in [0, 0.1) is 0 Å². The average Bonchev–Trinajstić information content (AvgIpc) is 2.87. The van der Waals surface area contributed by atoms with Crippen molar-refractivity contribution in [3.05, 3.63) is 35.9 Å². The Morgan fingerprint density at radius 2 is 1.42 bits per heavy atom. The van der Waals surface area contributed by atoms with Crippen LogP contribution in [0.1, 0.15) is 31.2 Å². The number of nitrogens with zero attached hydrogens (tertiary/aromatic N) is 1. The number of hydrogen-bond acceptors (Lipinski definition) is 8. The minimum absolute atomic E-state index is 0.00447. The lowest BCUT2D eigenvalue weighted by Gasteiger charge is -2.25. The highest BCUT2D eigenvalue weighted by Crippen LogP contribution is 2.07. The van der Waals surface area contributed by atoms with Gasteiger partial charge in [0.05, 0.1) is 6.04 Å². The smallest absolute Gasteiger partial charge is 0.326 e. The second-order valence-electron chi connectivity index (χ2n) is 8.38. The highest BCUT2D eigenvalue weighted by atomic mass is 32.1. The Kier molecular flexibility index (Phi) is 14.2. The van der Waals surface area contributed by atoms with E-state index in [0.29, 0.717) is 5.56 Å². The zero-order valence-corrected chi connectivity index (χ0v) is 21.6. The van der Waals surface area contributed by atoms with Crippen LogP contribution in [0.3, 0.4) is 0 Å². The zero-order valence-electron chi connectivity index (χ0n) is 20.7.